The van der Waals surface area contributed by atoms with E-state index in [0.717, 1.165) is 20.8 Å². The second-order valence-electron chi connectivity index (χ2n) is 8.30. The Hall–Kier alpha value is -3.99. The molecule has 0 bridgehead atoms. The van der Waals surface area contributed by atoms with Crippen LogP contribution in [0.2, 0.25) is 0 Å². The zero-order valence-corrected chi connectivity index (χ0v) is 22.3. The maximum Gasteiger partial charge on any atom is 0.280 e. The van der Waals surface area contributed by atoms with Crippen LogP contribution in [0.15, 0.2) is 102 Å². The molecule has 4 rings (SSSR count). The Labute approximate surface area is 224 Å². The molecule has 0 fully saturated rings. The number of aryl methyl sites for hydroxylation is 1. The predicted molar refractivity (Wildman–Crippen MR) is 151 cm³/mol. The smallest absolute Gasteiger partial charge is 0.267 e. The quantitative estimate of drug-likeness (QED) is 0.143. The van der Waals surface area contributed by atoms with Gasteiger partial charge in [0.25, 0.3) is 5.91 Å². The molecule has 0 radical (unpaired) electrons. The van der Waals surface area contributed by atoms with Gasteiger partial charge in [0.15, 0.2) is 0 Å². The van der Waals surface area contributed by atoms with Crippen molar-refractivity contribution in [3.63, 3.8) is 0 Å². The maximum absolute atomic E-state index is 13.6. The maximum atomic E-state index is 13.6. The molecule has 1 heterocycles. The van der Waals surface area contributed by atoms with Gasteiger partial charge in [0.1, 0.15) is 5.82 Å². The second-order valence-corrected chi connectivity index (χ2v) is 11.3. The normalized spacial score (nSPS) is 11.8. The van der Waals surface area contributed by atoms with E-state index in [-0.39, 0.29) is 29.4 Å². The number of amides is 1. The van der Waals surface area contributed by atoms with Gasteiger partial charge in [0.05, 0.1) is 21.3 Å². The first-order valence-corrected chi connectivity index (χ1v) is 13.8. The van der Waals surface area contributed by atoms with Crippen LogP contribution >= 0.6 is 11.3 Å². The lowest BCUT2D eigenvalue weighted by molar-refractivity contribution is 0.0987. The standard InChI is InChI=1S/C28H25FN4O3S2/c1-4-16-32(17-5-2)38(35,36)24-13-9-22(10-14-24)27(34)33(30-19-21-7-11-23(29)12-8-21)28-31-25-15-6-20(3)18-26(25)37-28/h4-15,18-19H,1-2,16-17H2,3H3/b30-19+. The number of rotatable bonds is 10. The minimum absolute atomic E-state index is 0.0366. The van der Waals surface area contributed by atoms with Crippen LogP contribution in [0.3, 0.4) is 0 Å². The minimum Gasteiger partial charge on any atom is -0.267 e. The summed E-state index contributed by atoms with van der Waals surface area (Å²) in [6, 6.07) is 17.1. The van der Waals surface area contributed by atoms with Crippen LogP contribution in [0.4, 0.5) is 9.52 Å². The van der Waals surface area contributed by atoms with E-state index in [1.807, 2.05) is 25.1 Å². The van der Waals surface area contributed by atoms with Gasteiger partial charge in [-0.1, -0.05) is 41.7 Å². The molecule has 0 N–H and O–H groups in total. The van der Waals surface area contributed by atoms with E-state index in [4.69, 9.17) is 0 Å². The molecule has 0 aliphatic rings. The average Bonchev–Trinajstić information content (AvgIpc) is 3.32. The third kappa shape index (κ3) is 5.94. The summed E-state index contributed by atoms with van der Waals surface area (Å²) < 4.78 is 41.5. The van der Waals surface area contributed by atoms with Crippen LogP contribution < -0.4 is 5.01 Å². The number of sulfonamides is 1. The van der Waals surface area contributed by atoms with Gasteiger partial charge in [-0.25, -0.2) is 17.8 Å². The Bertz CT molecular complexity index is 1600. The summed E-state index contributed by atoms with van der Waals surface area (Å²) in [4.78, 5) is 18.2. The van der Waals surface area contributed by atoms with E-state index in [2.05, 4.69) is 23.2 Å². The molecule has 0 spiro atoms. The van der Waals surface area contributed by atoms with Crippen LogP contribution in [0.25, 0.3) is 10.2 Å². The monoisotopic (exact) mass is 548 g/mol. The van der Waals surface area contributed by atoms with Crippen molar-refractivity contribution < 1.29 is 17.6 Å². The zero-order chi connectivity index (χ0) is 27.3. The van der Waals surface area contributed by atoms with Gasteiger partial charge in [0, 0.05) is 18.7 Å². The molecule has 0 aliphatic carbocycles. The summed E-state index contributed by atoms with van der Waals surface area (Å²) >= 11 is 1.30. The summed E-state index contributed by atoms with van der Waals surface area (Å²) in [6.45, 7) is 9.44. The van der Waals surface area contributed by atoms with Gasteiger partial charge in [-0.2, -0.15) is 14.4 Å². The molecular formula is C28H25FN4O3S2. The first-order valence-electron chi connectivity index (χ1n) is 11.6. The van der Waals surface area contributed by atoms with Crippen LogP contribution in [0.5, 0.6) is 0 Å². The van der Waals surface area contributed by atoms with Gasteiger partial charge in [0.2, 0.25) is 15.2 Å². The Morgan fingerprint density at radius 1 is 1.03 bits per heavy atom. The van der Waals surface area contributed by atoms with Crippen molar-refractivity contribution in [2.45, 2.75) is 11.8 Å². The van der Waals surface area contributed by atoms with Gasteiger partial charge >= 0.3 is 0 Å². The number of benzene rings is 3. The predicted octanol–water partition coefficient (Wildman–Crippen LogP) is 5.79. The number of carbonyl (C=O) groups excluding carboxylic acids is 1. The van der Waals surface area contributed by atoms with Crippen LogP contribution in [-0.4, -0.2) is 42.9 Å². The summed E-state index contributed by atoms with van der Waals surface area (Å²) in [7, 11) is -3.82. The fourth-order valence-corrected chi connectivity index (χ4v) is 5.97. The highest BCUT2D eigenvalue weighted by Crippen LogP contribution is 2.31. The van der Waals surface area contributed by atoms with E-state index >= 15 is 0 Å². The Kier molecular flexibility index (Phi) is 8.26. The van der Waals surface area contributed by atoms with Crippen molar-refractivity contribution in [2.75, 3.05) is 18.1 Å². The summed E-state index contributed by atoms with van der Waals surface area (Å²) in [5.41, 5.74) is 2.58. The molecular weight excluding hydrogens is 523 g/mol. The first-order chi connectivity index (χ1) is 18.2. The summed E-state index contributed by atoms with van der Waals surface area (Å²) in [5, 5.41) is 5.87. The lowest BCUT2D eigenvalue weighted by atomic mass is 10.2. The number of carbonyl (C=O) groups is 1. The van der Waals surface area contributed by atoms with Gasteiger partial charge < -0.3 is 0 Å². The molecule has 10 heteroatoms. The molecule has 1 amide bonds. The van der Waals surface area contributed by atoms with Crippen molar-refractivity contribution in [3.8, 4) is 0 Å². The Morgan fingerprint density at radius 3 is 2.32 bits per heavy atom. The Balaban J connectivity index is 1.70. The van der Waals surface area contributed by atoms with Crippen molar-refractivity contribution in [2.24, 2.45) is 5.10 Å². The fraction of sp³-hybridized carbons (Fsp3) is 0.107. The largest absolute Gasteiger partial charge is 0.280 e. The molecule has 3 aromatic carbocycles. The van der Waals surface area contributed by atoms with E-state index in [9.17, 15) is 17.6 Å². The third-order valence-corrected chi connectivity index (χ3v) is 8.34. The van der Waals surface area contributed by atoms with Crippen molar-refractivity contribution in [1.29, 1.82) is 0 Å². The Morgan fingerprint density at radius 2 is 1.68 bits per heavy atom. The van der Waals surface area contributed by atoms with Crippen LogP contribution in [-0.2, 0) is 10.0 Å². The number of halogens is 1. The molecule has 0 unspecified atom stereocenters. The van der Waals surface area contributed by atoms with Crippen molar-refractivity contribution in [1.82, 2.24) is 9.29 Å². The number of hydrazone groups is 1. The van der Waals surface area contributed by atoms with Gasteiger partial charge in [-0.15, -0.1) is 13.2 Å². The fourth-order valence-electron chi connectivity index (χ4n) is 3.57. The third-order valence-electron chi connectivity index (χ3n) is 5.50. The summed E-state index contributed by atoms with van der Waals surface area (Å²) in [6.07, 6.45) is 4.43. The molecule has 0 aliphatic heterocycles. The lowest BCUT2D eigenvalue weighted by Gasteiger charge is -2.19. The summed E-state index contributed by atoms with van der Waals surface area (Å²) in [5.74, 6) is -0.886. The lowest BCUT2D eigenvalue weighted by Crippen LogP contribution is -2.31. The van der Waals surface area contributed by atoms with Crippen molar-refractivity contribution >= 4 is 48.8 Å². The van der Waals surface area contributed by atoms with E-state index in [1.165, 1.54) is 70.4 Å². The van der Waals surface area contributed by atoms with E-state index < -0.39 is 15.9 Å². The number of thiazole rings is 1. The van der Waals surface area contributed by atoms with Gasteiger partial charge in [-0.3, -0.25) is 4.79 Å². The topological polar surface area (TPSA) is 82.9 Å². The average molecular weight is 549 g/mol. The molecule has 1 aromatic heterocycles. The SMILES string of the molecule is C=CCN(CC=C)S(=O)(=O)c1ccc(C(=O)N(/N=C/c2ccc(F)cc2)c2nc3ccc(C)cc3s2)cc1. The van der Waals surface area contributed by atoms with Gasteiger partial charge in [-0.05, 0) is 66.6 Å². The van der Waals surface area contributed by atoms with Crippen molar-refractivity contribution in [3.05, 3.63) is 115 Å². The number of nitrogens with zero attached hydrogens (tertiary/aromatic N) is 4. The van der Waals surface area contributed by atoms with E-state index in [1.54, 1.807) is 12.1 Å². The molecule has 38 heavy (non-hydrogen) atoms. The highest BCUT2D eigenvalue weighted by Gasteiger charge is 2.25. The van der Waals surface area contributed by atoms with Crippen LogP contribution in [0.1, 0.15) is 21.5 Å². The highest BCUT2D eigenvalue weighted by molar-refractivity contribution is 7.89. The van der Waals surface area contributed by atoms with E-state index in [0.29, 0.717) is 10.7 Å². The minimum atomic E-state index is -3.82. The molecule has 0 saturated carbocycles. The highest BCUT2D eigenvalue weighted by atomic mass is 32.2. The number of hydrogen-bond donors (Lipinski definition) is 0. The molecule has 7 nitrogen and oxygen atoms in total. The number of aromatic nitrogens is 1. The molecule has 194 valence electrons. The first kappa shape index (κ1) is 27.1. The zero-order valence-electron chi connectivity index (χ0n) is 20.6. The van der Waals surface area contributed by atoms with Crippen LogP contribution in [0, 0.1) is 12.7 Å². The molecule has 0 saturated heterocycles. The number of fused-ring (bicyclic) bond motifs is 1. The number of anilines is 1. The second kappa shape index (κ2) is 11.6. The number of hydrogen-bond acceptors (Lipinski definition) is 6. The molecule has 4 aromatic rings. The molecule has 0 atom stereocenters.